The van der Waals surface area contributed by atoms with Crippen molar-refractivity contribution in [2.75, 3.05) is 17.2 Å². The van der Waals surface area contributed by atoms with Crippen LogP contribution >= 0.6 is 0 Å². The van der Waals surface area contributed by atoms with Gasteiger partial charge < -0.3 is 16.0 Å². The highest BCUT2D eigenvalue weighted by atomic mass is 32.2. The van der Waals surface area contributed by atoms with Gasteiger partial charge >= 0.3 is 0 Å². The van der Waals surface area contributed by atoms with Crippen LogP contribution in [-0.4, -0.2) is 38.7 Å². The Kier molecular flexibility index (Phi) is 8.06. The van der Waals surface area contributed by atoms with Crippen LogP contribution in [0.4, 0.5) is 11.4 Å². The zero-order chi connectivity index (χ0) is 23.0. The van der Waals surface area contributed by atoms with Crippen LogP contribution in [0.15, 0.2) is 66.1 Å². The second kappa shape index (κ2) is 10.5. The molecule has 0 aromatic heterocycles. The van der Waals surface area contributed by atoms with Crippen LogP contribution in [0.5, 0.6) is 0 Å². The van der Waals surface area contributed by atoms with Crippen LogP contribution in [0.3, 0.4) is 0 Å². The Bertz CT molecular complexity index is 1080. The molecule has 0 spiro atoms. The zero-order valence-corrected chi connectivity index (χ0v) is 18.0. The summed E-state index contributed by atoms with van der Waals surface area (Å²) in [6.07, 6.45) is 1.53. The molecule has 1 atom stereocenters. The molecule has 0 saturated heterocycles. The average Bonchev–Trinajstić information content (AvgIpc) is 2.72. The van der Waals surface area contributed by atoms with E-state index in [2.05, 4.69) is 27.3 Å². The third-order valence-corrected chi connectivity index (χ3v) is 5.60. The van der Waals surface area contributed by atoms with E-state index in [1.165, 1.54) is 44.2 Å². The van der Waals surface area contributed by atoms with Crippen molar-refractivity contribution >= 4 is 39.1 Å². The molecule has 4 N–H and O–H groups in total. The molecule has 10 heteroatoms. The first-order valence-corrected chi connectivity index (χ1v) is 10.8. The quantitative estimate of drug-likeness (QED) is 0.438. The molecule has 0 fully saturated rings. The second-order valence-electron chi connectivity index (χ2n) is 6.58. The number of benzene rings is 2. The number of para-hydroxylation sites is 1. The summed E-state index contributed by atoms with van der Waals surface area (Å²) in [7, 11) is -3.99. The summed E-state index contributed by atoms with van der Waals surface area (Å²) in [6, 6.07) is 10.8. The third-order valence-electron chi connectivity index (χ3n) is 4.05. The van der Waals surface area contributed by atoms with E-state index in [9.17, 15) is 22.8 Å². The number of carbonyl (C=O) groups excluding carboxylic acids is 3. The predicted octanol–water partition coefficient (Wildman–Crippen LogP) is 1.87. The van der Waals surface area contributed by atoms with Crippen molar-refractivity contribution in [1.82, 2.24) is 10.0 Å². The number of nitrogens with one attached hydrogen (secondary N) is 4. The zero-order valence-electron chi connectivity index (χ0n) is 17.1. The summed E-state index contributed by atoms with van der Waals surface area (Å²) in [5, 5.41) is 7.73. The molecule has 0 aliphatic heterocycles. The molecule has 0 saturated carbocycles. The van der Waals surface area contributed by atoms with E-state index < -0.39 is 27.9 Å². The van der Waals surface area contributed by atoms with Crippen LogP contribution in [0.2, 0.25) is 0 Å². The molecule has 164 valence electrons. The molecule has 0 bridgehead atoms. The molecular formula is C21H24N4O5S. The van der Waals surface area contributed by atoms with Gasteiger partial charge in [-0.2, -0.15) is 4.72 Å². The van der Waals surface area contributed by atoms with Gasteiger partial charge in [0.1, 0.15) is 0 Å². The largest absolute Gasteiger partial charge is 0.349 e. The Morgan fingerprint density at radius 2 is 1.68 bits per heavy atom. The summed E-state index contributed by atoms with van der Waals surface area (Å²) >= 11 is 0. The van der Waals surface area contributed by atoms with Gasteiger partial charge in [0.2, 0.25) is 21.8 Å². The van der Waals surface area contributed by atoms with Gasteiger partial charge in [-0.3, -0.25) is 14.4 Å². The van der Waals surface area contributed by atoms with E-state index in [0.29, 0.717) is 5.69 Å². The van der Waals surface area contributed by atoms with Crippen molar-refractivity contribution in [1.29, 1.82) is 0 Å². The number of amides is 3. The summed E-state index contributed by atoms with van der Waals surface area (Å²) < 4.78 is 27.4. The molecule has 0 unspecified atom stereocenters. The van der Waals surface area contributed by atoms with E-state index in [1.54, 1.807) is 24.3 Å². The fourth-order valence-corrected chi connectivity index (χ4v) is 3.77. The molecule has 0 aliphatic rings. The molecule has 2 rings (SSSR count). The van der Waals surface area contributed by atoms with E-state index >= 15 is 0 Å². The lowest BCUT2D eigenvalue weighted by Gasteiger charge is -2.16. The number of anilines is 2. The molecule has 2 aromatic carbocycles. The van der Waals surface area contributed by atoms with Gasteiger partial charge in [-0.1, -0.05) is 18.2 Å². The van der Waals surface area contributed by atoms with Gasteiger partial charge in [-0.15, -0.1) is 6.58 Å². The minimum atomic E-state index is -3.99. The Hall–Kier alpha value is -3.50. The first-order valence-electron chi connectivity index (χ1n) is 9.33. The van der Waals surface area contributed by atoms with E-state index in [4.69, 9.17) is 0 Å². The van der Waals surface area contributed by atoms with Gasteiger partial charge in [0.15, 0.2) is 0 Å². The van der Waals surface area contributed by atoms with Crippen molar-refractivity contribution in [3.05, 3.63) is 66.7 Å². The third kappa shape index (κ3) is 6.76. The number of sulfonamides is 1. The lowest BCUT2D eigenvalue weighted by molar-refractivity contribution is -0.117. The highest BCUT2D eigenvalue weighted by Gasteiger charge is 2.23. The summed E-state index contributed by atoms with van der Waals surface area (Å²) in [6.45, 7) is 6.52. The van der Waals surface area contributed by atoms with Crippen molar-refractivity contribution in [3.63, 3.8) is 0 Å². The standard InChI is InChI=1S/C21H24N4O5S/c1-4-13-22-21(28)18-7-5-6-8-19(18)24-20(27)14(2)25-31(29,30)17-11-9-16(10-12-17)23-15(3)26/h4-12,14,25H,1,13H2,2-3H3,(H,22,28)(H,23,26)(H,24,27)/t14-/m0/s1. The maximum atomic E-state index is 12.6. The maximum Gasteiger partial charge on any atom is 0.253 e. The molecule has 9 nitrogen and oxygen atoms in total. The molecule has 0 heterocycles. The van der Waals surface area contributed by atoms with Crippen LogP contribution < -0.4 is 20.7 Å². The fraction of sp³-hybridized carbons (Fsp3) is 0.190. The summed E-state index contributed by atoms with van der Waals surface area (Å²) in [5.41, 5.74) is 0.935. The van der Waals surface area contributed by atoms with Gasteiger partial charge in [0.05, 0.1) is 22.2 Å². The summed E-state index contributed by atoms with van der Waals surface area (Å²) in [4.78, 5) is 35.8. The molecular weight excluding hydrogens is 420 g/mol. The molecule has 3 amide bonds. The smallest absolute Gasteiger partial charge is 0.253 e. The highest BCUT2D eigenvalue weighted by molar-refractivity contribution is 7.89. The average molecular weight is 445 g/mol. The highest BCUT2D eigenvalue weighted by Crippen LogP contribution is 2.17. The molecule has 0 radical (unpaired) electrons. The van der Waals surface area contributed by atoms with Gasteiger partial charge in [0.25, 0.3) is 5.91 Å². The number of carbonyl (C=O) groups is 3. The van der Waals surface area contributed by atoms with Crippen molar-refractivity contribution in [2.45, 2.75) is 24.8 Å². The second-order valence-corrected chi connectivity index (χ2v) is 8.30. The van der Waals surface area contributed by atoms with Crippen molar-refractivity contribution < 1.29 is 22.8 Å². The SMILES string of the molecule is C=CCNC(=O)c1ccccc1NC(=O)[C@H](C)NS(=O)(=O)c1ccc(NC(C)=O)cc1. The first-order chi connectivity index (χ1) is 14.6. The number of hydrogen-bond acceptors (Lipinski definition) is 5. The van der Waals surface area contributed by atoms with Crippen LogP contribution in [0.25, 0.3) is 0 Å². The van der Waals surface area contributed by atoms with Crippen molar-refractivity contribution in [3.8, 4) is 0 Å². The predicted molar refractivity (Wildman–Crippen MR) is 118 cm³/mol. The molecule has 0 aliphatic carbocycles. The fourth-order valence-electron chi connectivity index (χ4n) is 2.57. The monoisotopic (exact) mass is 444 g/mol. The van der Waals surface area contributed by atoms with Gasteiger partial charge in [-0.25, -0.2) is 8.42 Å². The van der Waals surface area contributed by atoms with Crippen molar-refractivity contribution in [2.24, 2.45) is 0 Å². The first kappa shape index (κ1) is 23.8. The lowest BCUT2D eigenvalue weighted by Crippen LogP contribution is -2.41. The van der Waals surface area contributed by atoms with E-state index in [0.717, 1.165) is 0 Å². The van der Waals surface area contributed by atoms with E-state index in [1.807, 2.05) is 0 Å². The Morgan fingerprint density at radius 3 is 2.29 bits per heavy atom. The lowest BCUT2D eigenvalue weighted by atomic mass is 10.1. The number of hydrogen-bond donors (Lipinski definition) is 4. The summed E-state index contributed by atoms with van der Waals surface area (Å²) in [5.74, 6) is -1.32. The van der Waals surface area contributed by atoms with Crippen LogP contribution in [0, 0.1) is 0 Å². The Balaban J connectivity index is 2.09. The normalized spacial score (nSPS) is 11.8. The Morgan fingerprint density at radius 1 is 1.03 bits per heavy atom. The van der Waals surface area contributed by atoms with Crippen LogP contribution in [0.1, 0.15) is 24.2 Å². The number of rotatable bonds is 9. The van der Waals surface area contributed by atoms with E-state index in [-0.39, 0.29) is 28.6 Å². The minimum Gasteiger partial charge on any atom is -0.349 e. The molecule has 31 heavy (non-hydrogen) atoms. The Labute approximate surface area is 181 Å². The van der Waals surface area contributed by atoms with Crippen LogP contribution in [-0.2, 0) is 19.6 Å². The molecule has 2 aromatic rings. The maximum absolute atomic E-state index is 12.6. The minimum absolute atomic E-state index is 0.0644. The van der Waals surface area contributed by atoms with Gasteiger partial charge in [0, 0.05) is 19.2 Å². The topological polar surface area (TPSA) is 133 Å². The van der Waals surface area contributed by atoms with Gasteiger partial charge in [-0.05, 0) is 43.3 Å².